The van der Waals surface area contributed by atoms with Gasteiger partial charge in [0.25, 0.3) is 0 Å². The highest BCUT2D eigenvalue weighted by Crippen LogP contribution is 2.15. The van der Waals surface area contributed by atoms with Crippen molar-refractivity contribution in [2.45, 2.75) is 13.0 Å². The van der Waals surface area contributed by atoms with Gasteiger partial charge < -0.3 is 15.2 Å². The summed E-state index contributed by atoms with van der Waals surface area (Å²) in [6.45, 7) is 1.99. The minimum absolute atomic E-state index is 0.0338. The summed E-state index contributed by atoms with van der Waals surface area (Å²) in [5, 5.41) is 12.6. The van der Waals surface area contributed by atoms with Crippen molar-refractivity contribution in [2.75, 3.05) is 18.5 Å². The summed E-state index contributed by atoms with van der Waals surface area (Å²) < 4.78 is 31.6. The van der Waals surface area contributed by atoms with Gasteiger partial charge in [0.2, 0.25) is 0 Å². The van der Waals surface area contributed by atoms with E-state index >= 15 is 0 Å². The second-order valence-corrected chi connectivity index (χ2v) is 4.78. The second-order valence-electron chi connectivity index (χ2n) is 4.78. The van der Waals surface area contributed by atoms with Crippen LogP contribution in [0.3, 0.4) is 0 Å². The first-order valence-electron chi connectivity index (χ1n) is 6.61. The first kappa shape index (κ1) is 15.3. The van der Waals surface area contributed by atoms with Gasteiger partial charge in [-0.3, -0.25) is 0 Å². The number of aliphatic hydroxyl groups is 1. The lowest BCUT2D eigenvalue weighted by molar-refractivity contribution is 0.117. The number of benzene rings is 2. The third-order valence-corrected chi connectivity index (χ3v) is 2.91. The molecule has 0 saturated carbocycles. The number of aliphatic hydroxyl groups excluding tert-OH is 1. The van der Waals surface area contributed by atoms with E-state index in [0.717, 1.165) is 5.56 Å². The van der Waals surface area contributed by atoms with Gasteiger partial charge in [0, 0.05) is 6.54 Å². The van der Waals surface area contributed by atoms with Crippen molar-refractivity contribution in [1.82, 2.24) is 0 Å². The molecule has 0 saturated heterocycles. The Labute approximate surface area is 122 Å². The number of halogens is 2. The van der Waals surface area contributed by atoms with Gasteiger partial charge in [0.15, 0.2) is 0 Å². The van der Waals surface area contributed by atoms with Crippen LogP contribution >= 0.6 is 0 Å². The van der Waals surface area contributed by atoms with E-state index in [0.29, 0.717) is 11.4 Å². The fourth-order valence-electron chi connectivity index (χ4n) is 1.77. The largest absolute Gasteiger partial charge is 0.491 e. The highest BCUT2D eigenvalue weighted by Gasteiger charge is 2.08. The predicted octanol–water partition coefficient (Wildman–Crippen LogP) is 3.13. The van der Waals surface area contributed by atoms with Crippen LogP contribution in [0.2, 0.25) is 0 Å². The monoisotopic (exact) mass is 293 g/mol. The highest BCUT2D eigenvalue weighted by atomic mass is 19.1. The molecule has 1 atom stereocenters. The van der Waals surface area contributed by atoms with Crippen LogP contribution in [-0.2, 0) is 0 Å². The lowest BCUT2D eigenvalue weighted by Crippen LogP contribution is -2.26. The summed E-state index contributed by atoms with van der Waals surface area (Å²) in [7, 11) is 0. The van der Waals surface area contributed by atoms with Crippen molar-refractivity contribution < 1.29 is 18.6 Å². The average Bonchev–Trinajstić information content (AvgIpc) is 2.46. The van der Waals surface area contributed by atoms with E-state index in [4.69, 9.17) is 4.74 Å². The minimum Gasteiger partial charge on any atom is -0.491 e. The van der Waals surface area contributed by atoms with Gasteiger partial charge in [-0.05, 0) is 48.9 Å². The van der Waals surface area contributed by atoms with Gasteiger partial charge in [0.1, 0.15) is 30.1 Å². The molecule has 0 aromatic heterocycles. The summed E-state index contributed by atoms with van der Waals surface area (Å²) in [5.74, 6) is -0.238. The molecule has 0 amide bonds. The molecular formula is C16H17F2NO2. The molecule has 0 aliphatic rings. The third kappa shape index (κ3) is 4.72. The maximum atomic E-state index is 13.6. The van der Waals surface area contributed by atoms with Crippen LogP contribution < -0.4 is 10.1 Å². The van der Waals surface area contributed by atoms with Crippen LogP contribution in [0.5, 0.6) is 5.75 Å². The Morgan fingerprint density at radius 2 is 1.86 bits per heavy atom. The average molecular weight is 293 g/mol. The fraction of sp³-hybridized carbons (Fsp3) is 0.250. The second kappa shape index (κ2) is 7.04. The van der Waals surface area contributed by atoms with Crippen LogP contribution in [0.15, 0.2) is 42.5 Å². The Hall–Kier alpha value is -2.14. The summed E-state index contributed by atoms with van der Waals surface area (Å²) in [5.41, 5.74) is 1.17. The number of rotatable bonds is 6. The van der Waals surface area contributed by atoms with Crippen LogP contribution in [0.4, 0.5) is 14.5 Å². The number of hydrogen-bond acceptors (Lipinski definition) is 3. The van der Waals surface area contributed by atoms with Crippen molar-refractivity contribution >= 4 is 5.69 Å². The molecule has 0 aliphatic carbocycles. The maximum Gasteiger partial charge on any atom is 0.146 e. The van der Waals surface area contributed by atoms with Gasteiger partial charge in [0.05, 0.1) is 5.69 Å². The number of anilines is 1. The van der Waals surface area contributed by atoms with Gasteiger partial charge in [-0.2, -0.15) is 0 Å². The molecule has 112 valence electrons. The smallest absolute Gasteiger partial charge is 0.146 e. The van der Waals surface area contributed by atoms with E-state index in [9.17, 15) is 13.9 Å². The Bertz CT molecular complexity index is 587. The molecule has 2 N–H and O–H groups in total. The molecule has 0 spiro atoms. The predicted molar refractivity (Wildman–Crippen MR) is 77.5 cm³/mol. The van der Waals surface area contributed by atoms with E-state index in [1.54, 1.807) is 19.1 Å². The molecule has 2 aromatic carbocycles. The van der Waals surface area contributed by atoms with Gasteiger partial charge in [-0.1, -0.05) is 6.07 Å². The normalized spacial score (nSPS) is 12.0. The zero-order chi connectivity index (χ0) is 15.2. The molecule has 0 heterocycles. The topological polar surface area (TPSA) is 41.5 Å². The lowest BCUT2D eigenvalue weighted by Gasteiger charge is -2.14. The Morgan fingerprint density at radius 3 is 2.52 bits per heavy atom. The molecule has 0 aliphatic heterocycles. The summed E-state index contributed by atoms with van der Waals surface area (Å²) in [6, 6.07) is 10.3. The number of aryl methyl sites for hydroxylation is 1. The van der Waals surface area contributed by atoms with Gasteiger partial charge >= 0.3 is 0 Å². The van der Waals surface area contributed by atoms with E-state index in [1.165, 1.54) is 30.3 Å². The Morgan fingerprint density at radius 1 is 1.14 bits per heavy atom. The van der Waals surface area contributed by atoms with E-state index < -0.39 is 6.10 Å². The Balaban J connectivity index is 1.79. The zero-order valence-electron chi connectivity index (χ0n) is 11.6. The summed E-state index contributed by atoms with van der Waals surface area (Å²) in [6.07, 6.45) is -0.809. The molecule has 0 fully saturated rings. The number of hydrogen-bond donors (Lipinski definition) is 2. The molecule has 0 radical (unpaired) electrons. The van der Waals surface area contributed by atoms with Crippen molar-refractivity contribution in [3.05, 3.63) is 59.7 Å². The molecular weight excluding hydrogens is 276 g/mol. The fourth-order valence-corrected chi connectivity index (χ4v) is 1.77. The molecule has 21 heavy (non-hydrogen) atoms. The maximum absolute atomic E-state index is 13.6. The van der Waals surface area contributed by atoms with Crippen molar-refractivity contribution in [3.63, 3.8) is 0 Å². The first-order valence-corrected chi connectivity index (χ1v) is 6.61. The molecule has 0 bridgehead atoms. The van der Waals surface area contributed by atoms with Crippen molar-refractivity contribution in [1.29, 1.82) is 0 Å². The number of nitrogens with one attached hydrogen (secondary N) is 1. The quantitative estimate of drug-likeness (QED) is 0.860. The lowest BCUT2D eigenvalue weighted by atomic mass is 10.2. The standard InChI is InChI=1S/C16H17F2NO2/c1-11-2-7-16(15(18)8-11)19-9-13(20)10-21-14-5-3-12(17)4-6-14/h2-8,13,19-20H,9-10H2,1H3. The van der Waals surface area contributed by atoms with Crippen LogP contribution in [0.25, 0.3) is 0 Å². The molecule has 1 unspecified atom stereocenters. The van der Waals surface area contributed by atoms with Crippen molar-refractivity contribution in [3.8, 4) is 5.75 Å². The Kier molecular flexibility index (Phi) is 5.11. The van der Waals surface area contributed by atoms with Gasteiger partial charge in [-0.25, -0.2) is 8.78 Å². The summed E-state index contributed by atoms with van der Waals surface area (Å²) in [4.78, 5) is 0. The van der Waals surface area contributed by atoms with Crippen LogP contribution in [-0.4, -0.2) is 24.4 Å². The van der Waals surface area contributed by atoms with Crippen molar-refractivity contribution in [2.24, 2.45) is 0 Å². The number of ether oxygens (including phenoxy) is 1. The third-order valence-electron chi connectivity index (χ3n) is 2.91. The molecule has 3 nitrogen and oxygen atoms in total. The van der Waals surface area contributed by atoms with Gasteiger partial charge in [-0.15, -0.1) is 0 Å². The molecule has 2 aromatic rings. The van der Waals surface area contributed by atoms with Crippen LogP contribution in [0, 0.1) is 18.6 Å². The van der Waals surface area contributed by atoms with Crippen LogP contribution in [0.1, 0.15) is 5.56 Å². The highest BCUT2D eigenvalue weighted by molar-refractivity contribution is 5.46. The van der Waals surface area contributed by atoms with E-state index in [1.807, 2.05) is 0 Å². The molecule has 5 heteroatoms. The summed E-state index contributed by atoms with van der Waals surface area (Å²) >= 11 is 0. The van der Waals surface area contributed by atoms with E-state index in [2.05, 4.69) is 5.32 Å². The zero-order valence-corrected chi connectivity index (χ0v) is 11.6. The SMILES string of the molecule is Cc1ccc(NCC(O)COc2ccc(F)cc2)c(F)c1. The molecule has 2 rings (SSSR count). The van der Waals surface area contributed by atoms with E-state index in [-0.39, 0.29) is 24.8 Å². The minimum atomic E-state index is -0.809. The first-order chi connectivity index (χ1) is 10.0.